The molecule has 8 rings (SSSR count). The molecule has 1 atom stereocenters. The highest BCUT2D eigenvalue weighted by Gasteiger charge is 2.45. The fraction of sp³-hybridized carbons (Fsp3) is 0.418. The van der Waals surface area contributed by atoms with Crippen LogP contribution in [0, 0.1) is 11.8 Å². The van der Waals surface area contributed by atoms with E-state index in [0.29, 0.717) is 38.2 Å². The first kappa shape index (κ1) is 62.2. The summed E-state index contributed by atoms with van der Waals surface area (Å²) in [5.74, 6) is -6.92. The van der Waals surface area contributed by atoms with Crippen LogP contribution in [0.1, 0.15) is 108 Å². The van der Waals surface area contributed by atoms with E-state index < -0.39 is 107 Å². The van der Waals surface area contributed by atoms with E-state index in [1.165, 1.54) is 12.1 Å². The Morgan fingerprint density at radius 1 is 0.671 bits per heavy atom. The van der Waals surface area contributed by atoms with E-state index in [1.807, 2.05) is 60.7 Å². The number of Topliss-reactive ketones (excluding diaryl/α,β-unsaturated/α-hetero) is 6. The molecule has 1 unspecified atom stereocenters. The third kappa shape index (κ3) is 15.7. The van der Waals surface area contributed by atoms with Gasteiger partial charge >= 0.3 is 12.1 Å². The average molecular weight is 1180 g/mol. The minimum Gasteiger partial charge on any atom is -0.461 e. The normalized spacial score (nSPS) is 17.9. The average Bonchev–Trinajstić information content (AvgIpc) is 4.28. The Labute approximate surface area is 464 Å². The van der Waals surface area contributed by atoms with E-state index in [0.717, 1.165) is 48.6 Å². The zero-order chi connectivity index (χ0) is 57.9. The molecule has 2 aliphatic heterocycles. The van der Waals surface area contributed by atoms with E-state index in [1.54, 1.807) is 6.92 Å². The van der Waals surface area contributed by atoms with E-state index in [-0.39, 0.29) is 77.2 Å². The third-order valence-electron chi connectivity index (χ3n) is 13.0. The van der Waals surface area contributed by atoms with Crippen molar-refractivity contribution in [3.8, 4) is 0 Å². The van der Waals surface area contributed by atoms with Crippen molar-refractivity contribution < 1.29 is 87.4 Å². The van der Waals surface area contributed by atoms with E-state index in [9.17, 15) is 63.6 Å². The molecule has 4 aromatic carbocycles. The second kappa shape index (κ2) is 27.0. The number of rotatable bonds is 17. The maximum atomic E-state index is 12.9. The van der Waals surface area contributed by atoms with Crippen LogP contribution in [0.25, 0.3) is 0 Å². The number of alkyl halides is 3. The molecule has 79 heavy (non-hydrogen) atoms. The van der Waals surface area contributed by atoms with Crippen molar-refractivity contribution in [3.05, 3.63) is 128 Å². The van der Waals surface area contributed by atoms with E-state index in [4.69, 9.17) is 42.3 Å². The molecule has 0 spiro atoms. The largest absolute Gasteiger partial charge is 0.461 e. The predicted octanol–water partition coefficient (Wildman–Crippen LogP) is 8.77. The number of carbonyl (C=O) groups is 7. The monoisotopic (exact) mass is 1180 g/mol. The summed E-state index contributed by atoms with van der Waals surface area (Å²) in [6.07, 6.45) is 0.503. The van der Waals surface area contributed by atoms with Gasteiger partial charge in [-0.25, -0.2) is 21.6 Å². The quantitative estimate of drug-likeness (QED) is 0.0544. The van der Waals surface area contributed by atoms with Gasteiger partial charge in [0.05, 0.1) is 58.8 Å². The van der Waals surface area contributed by atoms with Crippen LogP contribution in [0.5, 0.6) is 0 Å². The van der Waals surface area contributed by atoms with E-state index >= 15 is 0 Å². The number of hydrogen-bond donors (Lipinski definition) is 0. The van der Waals surface area contributed by atoms with Gasteiger partial charge in [-0.2, -0.15) is 13.2 Å². The first-order valence-corrected chi connectivity index (χ1v) is 29.4. The van der Waals surface area contributed by atoms with Gasteiger partial charge in [0.15, 0.2) is 65.7 Å². The Morgan fingerprint density at radius 2 is 1.11 bits per heavy atom. The molecular weight excluding hydrogens is 1120 g/mol. The van der Waals surface area contributed by atoms with Crippen LogP contribution in [0.2, 0.25) is 10.0 Å². The van der Waals surface area contributed by atoms with Crippen molar-refractivity contribution in [2.24, 2.45) is 17.0 Å². The lowest BCUT2D eigenvalue weighted by Gasteiger charge is -2.27. The molecule has 0 aromatic heterocycles. The number of sulfone groups is 2. The lowest BCUT2D eigenvalue weighted by Crippen LogP contribution is -2.35. The number of oxime groups is 1. The van der Waals surface area contributed by atoms with Gasteiger partial charge in [-0.1, -0.05) is 89.0 Å². The third-order valence-corrected chi connectivity index (χ3v) is 16.3. The van der Waals surface area contributed by atoms with Gasteiger partial charge in [0.25, 0.3) is 0 Å². The SMILES string of the molecule is CCOC(=O)C1=NOC(c2ccccc2)(c2ccccc2)C1.CS(=O)(=O)c1ccc(C(=O)C2C(=O)CCCC2=O)c(Cl)c1COCC(F)(F)F.CS(=O)(=O)c1ccc(C(=O)C2C(=O)CCCC2=O)c(Cl)c1COCC1CCCO1. The molecule has 2 heterocycles. The molecule has 4 aromatic rings. The molecule has 1 saturated heterocycles. The van der Waals surface area contributed by atoms with Crippen LogP contribution in [0.15, 0.2) is 99.9 Å². The number of carbonyl (C=O) groups excluding carboxylic acids is 7. The zero-order valence-electron chi connectivity index (χ0n) is 43.1. The molecular formula is C55H56Cl2F3NO16S2. The second-order valence-electron chi connectivity index (χ2n) is 18.9. The lowest BCUT2D eigenvalue weighted by molar-refractivity contribution is -0.176. The molecule has 0 radical (unpaired) electrons. The summed E-state index contributed by atoms with van der Waals surface area (Å²) in [5, 5.41) is 3.45. The lowest BCUT2D eigenvalue weighted by atomic mass is 9.81. The predicted molar refractivity (Wildman–Crippen MR) is 280 cm³/mol. The minimum atomic E-state index is -4.65. The van der Waals surface area contributed by atoms with Gasteiger partial charge in [-0.15, -0.1) is 0 Å². The molecule has 0 bridgehead atoms. The van der Waals surface area contributed by atoms with Gasteiger partial charge in [-0.3, -0.25) is 28.8 Å². The zero-order valence-corrected chi connectivity index (χ0v) is 46.3. The number of esters is 1. The number of ether oxygens (including phenoxy) is 4. The summed E-state index contributed by atoms with van der Waals surface area (Å²) in [4.78, 5) is 91.2. The Balaban J connectivity index is 0.000000193. The highest BCUT2D eigenvalue weighted by atomic mass is 35.5. The van der Waals surface area contributed by atoms with Gasteiger partial charge in [0.1, 0.15) is 18.4 Å². The highest BCUT2D eigenvalue weighted by Crippen LogP contribution is 2.42. The Hall–Kier alpha value is -6.01. The molecule has 0 N–H and O–H groups in total. The van der Waals surface area contributed by atoms with E-state index in [2.05, 4.69) is 9.89 Å². The smallest absolute Gasteiger partial charge is 0.411 e. The molecule has 0 amide bonds. The Morgan fingerprint density at radius 3 is 1.51 bits per heavy atom. The summed E-state index contributed by atoms with van der Waals surface area (Å²) in [6, 6.07) is 24.2. The van der Waals surface area contributed by atoms with Crippen molar-refractivity contribution in [1.29, 1.82) is 0 Å². The van der Waals surface area contributed by atoms with Gasteiger partial charge in [-0.05, 0) is 56.9 Å². The molecule has 2 saturated carbocycles. The van der Waals surface area contributed by atoms with Crippen molar-refractivity contribution >= 4 is 89.3 Å². The maximum absolute atomic E-state index is 12.9. The maximum Gasteiger partial charge on any atom is 0.411 e. The molecule has 4 aliphatic rings. The number of hydrogen-bond acceptors (Lipinski definition) is 17. The van der Waals surface area contributed by atoms with Gasteiger partial charge < -0.3 is 23.8 Å². The van der Waals surface area contributed by atoms with Crippen LogP contribution in [0.4, 0.5) is 13.2 Å². The number of benzene rings is 4. The summed E-state index contributed by atoms with van der Waals surface area (Å²) in [6.45, 7) is 0.430. The van der Waals surface area contributed by atoms with Gasteiger partial charge in [0.2, 0.25) is 0 Å². The van der Waals surface area contributed by atoms with Crippen LogP contribution in [-0.2, 0) is 86.2 Å². The minimum absolute atomic E-state index is 0.0385. The summed E-state index contributed by atoms with van der Waals surface area (Å²) >= 11 is 12.5. The number of ketones is 6. The first-order valence-electron chi connectivity index (χ1n) is 24.9. The van der Waals surface area contributed by atoms with Crippen molar-refractivity contribution in [2.75, 3.05) is 38.9 Å². The van der Waals surface area contributed by atoms with Crippen molar-refractivity contribution in [3.63, 3.8) is 0 Å². The van der Waals surface area contributed by atoms with Crippen molar-refractivity contribution in [2.45, 2.75) is 106 Å². The standard InChI is InChI=1S/C20H23ClO7S.C18H17NO3.C17H16ClF3O6S/c1-29(25,26)17-8-7-13(20(24)18-15(22)5-2-6-16(18)23)19(21)14(17)11-27-10-12-4-3-9-28-12;1-2-21-17(20)16-13-18(22-19-16,14-9-5-3-6-10-14)15-11-7-4-8-12-15;1-28(25,26)13-6-5-9(15(18)10(13)7-27-8-17(19,20)21)16(24)14-11(22)3-2-4-12(14)23/h7-8,12,18H,2-6,9-11H2,1H3;3-12H,2,13H2,1H3;5-6,14H,2-4,7-8H2,1H3. The highest BCUT2D eigenvalue weighted by molar-refractivity contribution is 7.91. The van der Waals surface area contributed by atoms with Crippen LogP contribution in [-0.4, -0.2) is 114 Å². The fourth-order valence-electron chi connectivity index (χ4n) is 9.24. The van der Waals surface area contributed by atoms with Crippen LogP contribution >= 0.6 is 23.2 Å². The number of nitrogens with zero attached hydrogens (tertiary/aromatic N) is 1. The topological polar surface area (TPSA) is 246 Å². The Kier molecular flexibility index (Phi) is 21.2. The number of halogens is 5. The molecule has 3 fully saturated rings. The summed E-state index contributed by atoms with van der Waals surface area (Å²) in [7, 11) is -7.54. The van der Waals surface area contributed by atoms with Crippen LogP contribution in [0.3, 0.4) is 0 Å². The molecule has 2 aliphatic carbocycles. The Bertz CT molecular complexity index is 3150. The fourth-order valence-corrected chi connectivity index (χ4v) is 11.8. The van der Waals surface area contributed by atoms with Gasteiger partial charge in [0, 0.05) is 78.2 Å². The first-order chi connectivity index (χ1) is 37.3. The molecule has 17 nitrogen and oxygen atoms in total. The van der Waals surface area contributed by atoms with Crippen molar-refractivity contribution in [1.82, 2.24) is 0 Å². The second-order valence-corrected chi connectivity index (χ2v) is 23.6. The molecule has 424 valence electrons. The summed E-state index contributed by atoms with van der Waals surface area (Å²) < 4.78 is 106. The summed E-state index contributed by atoms with van der Waals surface area (Å²) in [5.41, 5.74) is 0.924. The molecule has 24 heteroatoms. The van der Waals surface area contributed by atoms with Crippen LogP contribution < -0.4 is 0 Å².